The fraction of sp³-hybridized carbons (Fsp3) is 0.304. The zero-order chi connectivity index (χ0) is 21.8. The summed E-state index contributed by atoms with van der Waals surface area (Å²) in [6.45, 7) is 0.888. The number of alkyl halides is 3. The Hall–Kier alpha value is -3.29. The van der Waals surface area contributed by atoms with Crippen LogP contribution >= 0.6 is 0 Å². The van der Waals surface area contributed by atoms with E-state index in [1.165, 1.54) is 12.1 Å². The van der Waals surface area contributed by atoms with E-state index in [-0.39, 0.29) is 24.3 Å². The molecule has 0 bridgehead atoms. The molecule has 1 unspecified atom stereocenters. The van der Waals surface area contributed by atoms with Gasteiger partial charge in [-0.15, -0.1) is 0 Å². The van der Waals surface area contributed by atoms with Gasteiger partial charge in [0.2, 0.25) is 0 Å². The highest BCUT2D eigenvalue weighted by molar-refractivity contribution is 5.94. The van der Waals surface area contributed by atoms with Crippen molar-refractivity contribution in [2.45, 2.75) is 31.5 Å². The number of carbonyl (C=O) groups is 1. The number of halogens is 3. The predicted octanol–water partition coefficient (Wildman–Crippen LogP) is 5.03. The number of hydrogen-bond donors (Lipinski definition) is 1. The van der Waals surface area contributed by atoms with Crippen LogP contribution in [-0.2, 0) is 12.6 Å². The molecule has 1 atom stereocenters. The number of nitrogens with one attached hydrogen (secondary N) is 1. The lowest BCUT2D eigenvalue weighted by atomic mass is 10.1. The number of H-pyrrole nitrogens is 1. The molecule has 2 heterocycles. The smallest absolute Gasteiger partial charge is 0.416 e. The molecule has 5 nitrogen and oxygen atoms in total. The standard InChI is InChI=1S/C23H22F3N3O2/c24-23(25,26)17-8-4-9-19(14-17)31-13-11-18-15-20(28-27-18)21-10-5-12-29(21)22(30)16-6-2-1-3-7-16/h1-4,6-9,14-15,21H,5,10-13H2,(H,27,28). The van der Waals surface area contributed by atoms with Gasteiger partial charge in [0.25, 0.3) is 5.91 Å². The van der Waals surface area contributed by atoms with E-state index in [0.717, 1.165) is 36.4 Å². The lowest BCUT2D eigenvalue weighted by molar-refractivity contribution is -0.137. The number of rotatable bonds is 6. The van der Waals surface area contributed by atoms with Gasteiger partial charge in [0.1, 0.15) is 5.75 Å². The molecule has 1 amide bonds. The molecule has 162 valence electrons. The monoisotopic (exact) mass is 429 g/mol. The molecule has 8 heteroatoms. The molecule has 1 saturated heterocycles. The van der Waals surface area contributed by atoms with Crippen molar-refractivity contribution in [1.29, 1.82) is 0 Å². The fourth-order valence-corrected chi connectivity index (χ4v) is 3.78. The Morgan fingerprint density at radius 2 is 1.94 bits per heavy atom. The lowest BCUT2D eigenvalue weighted by Gasteiger charge is -2.23. The van der Waals surface area contributed by atoms with Crippen LogP contribution in [0, 0.1) is 0 Å². The van der Waals surface area contributed by atoms with Crippen molar-refractivity contribution >= 4 is 5.91 Å². The molecular weight excluding hydrogens is 407 g/mol. The molecule has 2 aromatic carbocycles. The zero-order valence-corrected chi connectivity index (χ0v) is 16.7. The Morgan fingerprint density at radius 3 is 2.71 bits per heavy atom. The predicted molar refractivity (Wildman–Crippen MR) is 109 cm³/mol. The second-order valence-electron chi connectivity index (χ2n) is 7.46. The van der Waals surface area contributed by atoms with Crippen LogP contribution in [0.2, 0.25) is 0 Å². The number of aromatic nitrogens is 2. The average Bonchev–Trinajstić information content (AvgIpc) is 3.43. The Balaban J connectivity index is 1.37. The second-order valence-corrected chi connectivity index (χ2v) is 7.46. The summed E-state index contributed by atoms with van der Waals surface area (Å²) in [6, 6.07) is 15.8. The van der Waals surface area contributed by atoms with Gasteiger partial charge < -0.3 is 9.64 Å². The van der Waals surface area contributed by atoms with E-state index in [9.17, 15) is 18.0 Å². The Bertz CT molecular complexity index is 1030. The molecule has 1 aliphatic rings. The van der Waals surface area contributed by atoms with Crippen molar-refractivity contribution in [2.75, 3.05) is 13.2 Å². The number of ether oxygens (including phenoxy) is 1. The Labute approximate surface area is 177 Å². The van der Waals surface area contributed by atoms with Crippen molar-refractivity contribution < 1.29 is 22.7 Å². The third-order valence-corrected chi connectivity index (χ3v) is 5.33. The third kappa shape index (κ3) is 4.90. The number of nitrogens with zero attached hydrogens (tertiary/aromatic N) is 2. The van der Waals surface area contributed by atoms with Gasteiger partial charge in [-0.25, -0.2) is 0 Å². The van der Waals surface area contributed by atoms with Crippen LogP contribution in [-0.4, -0.2) is 34.2 Å². The van der Waals surface area contributed by atoms with E-state index < -0.39 is 11.7 Å². The summed E-state index contributed by atoms with van der Waals surface area (Å²) in [6.07, 6.45) is -2.20. The van der Waals surface area contributed by atoms with Gasteiger partial charge in [0.05, 0.1) is 23.9 Å². The summed E-state index contributed by atoms with van der Waals surface area (Å²) < 4.78 is 43.9. The van der Waals surface area contributed by atoms with Gasteiger partial charge >= 0.3 is 6.18 Å². The fourth-order valence-electron chi connectivity index (χ4n) is 3.78. The largest absolute Gasteiger partial charge is 0.493 e. The maximum atomic E-state index is 12.9. The number of amides is 1. The maximum absolute atomic E-state index is 12.9. The average molecular weight is 429 g/mol. The molecular formula is C23H22F3N3O2. The van der Waals surface area contributed by atoms with E-state index >= 15 is 0 Å². The summed E-state index contributed by atoms with van der Waals surface area (Å²) >= 11 is 0. The zero-order valence-electron chi connectivity index (χ0n) is 16.7. The number of benzene rings is 2. The minimum Gasteiger partial charge on any atom is -0.493 e. The first-order valence-corrected chi connectivity index (χ1v) is 10.1. The number of carbonyl (C=O) groups excluding carboxylic acids is 1. The molecule has 0 spiro atoms. The van der Waals surface area contributed by atoms with Crippen molar-refractivity contribution in [3.8, 4) is 5.75 Å². The summed E-state index contributed by atoms with van der Waals surface area (Å²) in [5.74, 6) is 0.158. The summed E-state index contributed by atoms with van der Waals surface area (Å²) in [5.41, 5.74) is 1.51. The topological polar surface area (TPSA) is 58.2 Å². The molecule has 1 fully saturated rings. The van der Waals surface area contributed by atoms with Crippen LogP contribution < -0.4 is 4.74 Å². The third-order valence-electron chi connectivity index (χ3n) is 5.33. The normalized spacial score (nSPS) is 16.5. The molecule has 4 rings (SSSR count). The lowest BCUT2D eigenvalue weighted by Crippen LogP contribution is -2.30. The highest BCUT2D eigenvalue weighted by atomic mass is 19.4. The molecule has 1 aromatic heterocycles. The molecule has 0 radical (unpaired) electrons. The molecule has 0 aliphatic carbocycles. The van der Waals surface area contributed by atoms with Gasteiger partial charge in [0, 0.05) is 24.2 Å². The van der Waals surface area contributed by atoms with Crippen LogP contribution in [0.4, 0.5) is 13.2 Å². The molecule has 1 N–H and O–H groups in total. The van der Waals surface area contributed by atoms with Crippen LogP contribution in [0.25, 0.3) is 0 Å². The summed E-state index contributed by atoms with van der Waals surface area (Å²) in [7, 11) is 0. The minimum atomic E-state index is -4.40. The van der Waals surface area contributed by atoms with E-state index in [1.54, 1.807) is 12.1 Å². The Kier molecular flexibility index (Phi) is 5.97. The van der Waals surface area contributed by atoms with Gasteiger partial charge in [0.15, 0.2) is 0 Å². The van der Waals surface area contributed by atoms with E-state index in [2.05, 4.69) is 10.2 Å². The summed E-state index contributed by atoms with van der Waals surface area (Å²) in [5, 5.41) is 7.33. The van der Waals surface area contributed by atoms with Crippen LogP contribution in [0.15, 0.2) is 60.7 Å². The second kappa shape index (κ2) is 8.83. The van der Waals surface area contributed by atoms with Crippen molar-refractivity contribution in [2.24, 2.45) is 0 Å². The number of hydrogen-bond acceptors (Lipinski definition) is 3. The Morgan fingerprint density at radius 1 is 1.13 bits per heavy atom. The van der Waals surface area contributed by atoms with Crippen molar-refractivity contribution in [3.05, 3.63) is 83.2 Å². The van der Waals surface area contributed by atoms with E-state index in [0.29, 0.717) is 18.5 Å². The number of likely N-dealkylation sites (tertiary alicyclic amines) is 1. The minimum absolute atomic E-state index is 0.0134. The quantitative estimate of drug-likeness (QED) is 0.598. The van der Waals surface area contributed by atoms with Gasteiger partial charge in [-0.3, -0.25) is 9.89 Å². The highest BCUT2D eigenvalue weighted by Gasteiger charge is 2.32. The van der Waals surface area contributed by atoms with E-state index in [1.807, 2.05) is 29.2 Å². The summed E-state index contributed by atoms with van der Waals surface area (Å²) in [4.78, 5) is 14.7. The van der Waals surface area contributed by atoms with Crippen LogP contribution in [0.5, 0.6) is 5.75 Å². The van der Waals surface area contributed by atoms with E-state index in [4.69, 9.17) is 4.74 Å². The SMILES string of the molecule is O=C(c1ccccc1)N1CCCC1c1cc(CCOc2cccc(C(F)(F)F)c2)[nH]n1. The maximum Gasteiger partial charge on any atom is 0.416 e. The van der Waals surface area contributed by atoms with Crippen LogP contribution in [0.1, 0.15) is 46.2 Å². The first kappa shape index (κ1) is 21.0. The molecule has 0 saturated carbocycles. The molecule has 1 aliphatic heterocycles. The molecule has 3 aromatic rings. The van der Waals surface area contributed by atoms with Gasteiger partial charge in [-0.05, 0) is 49.2 Å². The molecule has 31 heavy (non-hydrogen) atoms. The van der Waals surface area contributed by atoms with Gasteiger partial charge in [-0.1, -0.05) is 24.3 Å². The number of aromatic amines is 1. The van der Waals surface area contributed by atoms with Crippen molar-refractivity contribution in [1.82, 2.24) is 15.1 Å². The van der Waals surface area contributed by atoms with Crippen molar-refractivity contribution in [3.63, 3.8) is 0 Å². The highest BCUT2D eigenvalue weighted by Crippen LogP contribution is 2.33. The van der Waals surface area contributed by atoms with Crippen LogP contribution in [0.3, 0.4) is 0 Å². The first-order valence-electron chi connectivity index (χ1n) is 10.1. The first-order chi connectivity index (χ1) is 14.9. The van der Waals surface area contributed by atoms with Gasteiger partial charge in [-0.2, -0.15) is 18.3 Å².